The standard InChI is InChI=1S/C12H20N2O2/c1-10(15)14-4-5-16-12(9-14)7-13(8-12)6-11-2-3-11/h11H,2-9H2,1H3. The van der Waals surface area contributed by atoms with Gasteiger partial charge in [0.1, 0.15) is 5.60 Å². The molecule has 1 saturated carbocycles. The van der Waals surface area contributed by atoms with Crippen molar-refractivity contribution >= 4 is 5.91 Å². The Morgan fingerprint density at radius 2 is 2.12 bits per heavy atom. The van der Waals surface area contributed by atoms with Crippen molar-refractivity contribution in [2.75, 3.05) is 39.3 Å². The minimum absolute atomic E-state index is 0.0290. The first kappa shape index (κ1) is 10.5. The van der Waals surface area contributed by atoms with Crippen LogP contribution in [0.15, 0.2) is 0 Å². The van der Waals surface area contributed by atoms with Crippen molar-refractivity contribution in [1.82, 2.24) is 9.80 Å². The largest absolute Gasteiger partial charge is 0.369 e. The second kappa shape index (κ2) is 3.70. The summed E-state index contributed by atoms with van der Waals surface area (Å²) in [4.78, 5) is 15.8. The molecule has 0 aromatic rings. The van der Waals surface area contributed by atoms with Gasteiger partial charge in [-0.05, 0) is 18.8 Å². The van der Waals surface area contributed by atoms with Gasteiger partial charge in [0.05, 0.1) is 13.2 Å². The van der Waals surface area contributed by atoms with Crippen LogP contribution in [0, 0.1) is 5.92 Å². The Bertz CT molecular complexity index is 295. The molecule has 0 radical (unpaired) electrons. The molecule has 1 spiro atoms. The SMILES string of the molecule is CC(=O)N1CCOC2(CN(CC3CC3)C2)C1. The van der Waals surface area contributed by atoms with Crippen molar-refractivity contribution in [3.8, 4) is 0 Å². The molecule has 0 atom stereocenters. The summed E-state index contributed by atoms with van der Waals surface area (Å²) in [7, 11) is 0. The lowest BCUT2D eigenvalue weighted by atomic mass is 9.91. The maximum Gasteiger partial charge on any atom is 0.219 e. The molecule has 0 N–H and O–H groups in total. The predicted octanol–water partition coefficient (Wildman–Crippen LogP) is 0.329. The van der Waals surface area contributed by atoms with Crippen molar-refractivity contribution in [3.63, 3.8) is 0 Å². The van der Waals surface area contributed by atoms with Gasteiger partial charge in [-0.3, -0.25) is 9.69 Å². The molecule has 16 heavy (non-hydrogen) atoms. The lowest BCUT2D eigenvalue weighted by Gasteiger charge is -2.54. The van der Waals surface area contributed by atoms with Crippen LogP contribution in [0.5, 0.6) is 0 Å². The number of rotatable bonds is 2. The molecule has 2 aliphatic heterocycles. The van der Waals surface area contributed by atoms with E-state index in [1.165, 1.54) is 19.4 Å². The highest BCUT2D eigenvalue weighted by Crippen LogP contribution is 2.35. The van der Waals surface area contributed by atoms with E-state index in [4.69, 9.17) is 4.74 Å². The van der Waals surface area contributed by atoms with Crippen molar-refractivity contribution in [1.29, 1.82) is 0 Å². The zero-order valence-corrected chi connectivity index (χ0v) is 9.95. The third-order valence-corrected chi connectivity index (χ3v) is 3.93. The van der Waals surface area contributed by atoms with E-state index in [1.807, 2.05) is 4.90 Å². The van der Waals surface area contributed by atoms with Gasteiger partial charge < -0.3 is 9.64 Å². The molecule has 3 fully saturated rings. The Hall–Kier alpha value is -0.610. The predicted molar refractivity (Wildman–Crippen MR) is 60.1 cm³/mol. The number of hydrogen-bond acceptors (Lipinski definition) is 3. The van der Waals surface area contributed by atoms with Gasteiger partial charge in [-0.2, -0.15) is 0 Å². The summed E-state index contributed by atoms with van der Waals surface area (Å²) in [6.07, 6.45) is 2.81. The minimum atomic E-state index is -0.0290. The quantitative estimate of drug-likeness (QED) is 0.677. The zero-order chi connectivity index (χ0) is 11.2. The van der Waals surface area contributed by atoms with E-state index in [0.29, 0.717) is 6.61 Å². The third-order valence-electron chi connectivity index (χ3n) is 3.93. The number of carbonyl (C=O) groups excluding carboxylic acids is 1. The number of nitrogens with zero attached hydrogens (tertiary/aromatic N) is 2. The molecule has 2 saturated heterocycles. The number of morpholine rings is 1. The zero-order valence-electron chi connectivity index (χ0n) is 9.95. The molecule has 1 aliphatic carbocycles. The number of ether oxygens (including phenoxy) is 1. The highest BCUT2D eigenvalue weighted by Gasteiger charge is 2.48. The molecule has 0 aromatic heterocycles. The Kier molecular flexibility index (Phi) is 2.44. The normalized spacial score (nSPS) is 29.2. The van der Waals surface area contributed by atoms with E-state index >= 15 is 0 Å². The first-order valence-electron chi connectivity index (χ1n) is 6.29. The van der Waals surface area contributed by atoms with E-state index in [2.05, 4.69) is 4.90 Å². The molecule has 1 amide bonds. The lowest BCUT2D eigenvalue weighted by molar-refractivity contribution is -0.188. The summed E-state index contributed by atoms with van der Waals surface area (Å²) in [5.41, 5.74) is -0.0290. The van der Waals surface area contributed by atoms with Crippen molar-refractivity contribution in [2.45, 2.75) is 25.4 Å². The molecular formula is C12H20N2O2. The molecule has 2 heterocycles. The highest BCUT2D eigenvalue weighted by atomic mass is 16.5. The Morgan fingerprint density at radius 1 is 1.38 bits per heavy atom. The first-order valence-corrected chi connectivity index (χ1v) is 6.29. The maximum absolute atomic E-state index is 11.4. The topological polar surface area (TPSA) is 32.8 Å². The second-order valence-electron chi connectivity index (χ2n) is 5.59. The lowest BCUT2D eigenvalue weighted by Crippen LogP contribution is -2.70. The van der Waals surface area contributed by atoms with Crippen molar-refractivity contribution in [2.24, 2.45) is 5.92 Å². The number of hydrogen-bond donors (Lipinski definition) is 0. The van der Waals surface area contributed by atoms with Crippen LogP contribution >= 0.6 is 0 Å². The van der Waals surface area contributed by atoms with Crippen LogP contribution in [-0.4, -0.2) is 60.6 Å². The molecule has 0 bridgehead atoms. The van der Waals surface area contributed by atoms with Crippen LogP contribution in [0.4, 0.5) is 0 Å². The smallest absolute Gasteiger partial charge is 0.219 e. The van der Waals surface area contributed by atoms with Gasteiger partial charge in [0, 0.05) is 33.1 Å². The van der Waals surface area contributed by atoms with Crippen LogP contribution in [-0.2, 0) is 9.53 Å². The van der Waals surface area contributed by atoms with E-state index in [0.717, 1.165) is 32.1 Å². The molecular weight excluding hydrogens is 204 g/mol. The van der Waals surface area contributed by atoms with Gasteiger partial charge in [0.2, 0.25) is 5.91 Å². The molecule has 4 heteroatoms. The van der Waals surface area contributed by atoms with E-state index in [1.54, 1.807) is 6.92 Å². The average molecular weight is 224 g/mol. The van der Waals surface area contributed by atoms with Gasteiger partial charge >= 0.3 is 0 Å². The van der Waals surface area contributed by atoms with Crippen LogP contribution < -0.4 is 0 Å². The average Bonchev–Trinajstić information content (AvgIpc) is 3.00. The molecule has 90 valence electrons. The Labute approximate surface area is 96.5 Å². The maximum atomic E-state index is 11.4. The van der Waals surface area contributed by atoms with Crippen LogP contribution in [0.2, 0.25) is 0 Å². The summed E-state index contributed by atoms with van der Waals surface area (Å²) in [6.45, 7) is 7.20. The fraction of sp³-hybridized carbons (Fsp3) is 0.917. The fourth-order valence-electron chi connectivity index (χ4n) is 2.87. The summed E-state index contributed by atoms with van der Waals surface area (Å²) in [5, 5.41) is 0. The molecule has 3 rings (SSSR count). The molecule has 4 nitrogen and oxygen atoms in total. The number of amides is 1. The van der Waals surface area contributed by atoms with Crippen molar-refractivity contribution < 1.29 is 9.53 Å². The minimum Gasteiger partial charge on any atom is -0.369 e. The summed E-state index contributed by atoms with van der Waals surface area (Å²) in [5.74, 6) is 1.13. The van der Waals surface area contributed by atoms with E-state index < -0.39 is 0 Å². The van der Waals surface area contributed by atoms with Crippen LogP contribution in [0.3, 0.4) is 0 Å². The third kappa shape index (κ3) is 1.96. The summed E-state index contributed by atoms with van der Waals surface area (Å²) in [6, 6.07) is 0. The number of carbonyl (C=O) groups is 1. The van der Waals surface area contributed by atoms with Crippen molar-refractivity contribution in [3.05, 3.63) is 0 Å². The van der Waals surface area contributed by atoms with Crippen LogP contribution in [0.25, 0.3) is 0 Å². The van der Waals surface area contributed by atoms with Gasteiger partial charge in [-0.15, -0.1) is 0 Å². The molecule has 3 aliphatic rings. The van der Waals surface area contributed by atoms with E-state index in [-0.39, 0.29) is 11.5 Å². The summed E-state index contributed by atoms with van der Waals surface area (Å²) >= 11 is 0. The summed E-state index contributed by atoms with van der Waals surface area (Å²) < 4.78 is 5.88. The van der Waals surface area contributed by atoms with E-state index in [9.17, 15) is 4.79 Å². The Balaban J connectivity index is 1.52. The molecule has 0 aromatic carbocycles. The van der Waals surface area contributed by atoms with Crippen LogP contribution in [0.1, 0.15) is 19.8 Å². The monoisotopic (exact) mass is 224 g/mol. The first-order chi connectivity index (χ1) is 7.67. The highest BCUT2D eigenvalue weighted by molar-refractivity contribution is 5.73. The fourth-order valence-corrected chi connectivity index (χ4v) is 2.87. The van der Waals surface area contributed by atoms with Gasteiger partial charge in [-0.1, -0.05) is 0 Å². The van der Waals surface area contributed by atoms with Gasteiger partial charge in [0.25, 0.3) is 0 Å². The number of likely N-dealkylation sites (tertiary alicyclic amines) is 1. The molecule has 0 unspecified atom stereocenters. The Morgan fingerprint density at radius 3 is 2.75 bits per heavy atom. The van der Waals surface area contributed by atoms with Gasteiger partial charge in [-0.25, -0.2) is 0 Å². The van der Waals surface area contributed by atoms with Gasteiger partial charge in [0.15, 0.2) is 0 Å². The second-order valence-corrected chi connectivity index (χ2v) is 5.59.